The molecular formula is C77H91N17O26. The van der Waals surface area contributed by atoms with Gasteiger partial charge in [-0.3, -0.25) is 91.1 Å². The zero-order chi connectivity index (χ0) is 88.6. The molecule has 0 aliphatic carbocycles. The predicted molar refractivity (Wildman–Crippen MR) is 416 cm³/mol. The number of ketones is 1. The normalized spacial score (nSPS) is 20.6. The van der Waals surface area contributed by atoms with Crippen molar-refractivity contribution in [2.75, 3.05) is 32.0 Å². The average molecular weight is 1670 g/mol. The lowest BCUT2D eigenvalue weighted by Crippen LogP contribution is -2.62. The van der Waals surface area contributed by atoms with Crippen LogP contribution >= 0.6 is 0 Å². The molecular weight excluding hydrogens is 1580 g/mol. The topological polar surface area (TPSA) is 702 Å². The number of carbonyl (C=O) groups excluding carboxylic acids is 16. The van der Waals surface area contributed by atoms with Crippen molar-refractivity contribution in [1.82, 2.24) is 74.1 Å². The molecule has 0 bridgehead atoms. The Balaban J connectivity index is 1.40. The zero-order valence-electron chi connectivity index (χ0n) is 64.6. The van der Waals surface area contributed by atoms with Crippen molar-refractivity contribution in [3.05, 3.63) is 137 Å². The number of benzene rings is 4. The largest absolute Gasteiger partial charge is 0.481 e. The Morgan fingerprint density at radius 1 is 0.533 bits per heavy atom. The van der Waals surface area contributed by atoms with Crippen LogP contribution in [-0.4, -0.2) is 248 Å². The number of aromatic amines is 1. The Labute approximate surface area is 682 Å². The monoisotopic (exact) mass is 1670 g/mol. The first-order valence-electron chi connectivity index (χ1n) is 37.0. The van der Waals surface area contributed by atoms with Crippen molar-refractivity contribution in [2.24, 2.45) is 17.4 Å². The number of aliphatic carboxylic acids is 4. The molecule has 0 spiro atoms. The van der Waals surface area contributed by atoms with Gasteiger partial charge in [0.25, 0.3) is 5.91 Å². The molecule has 1 saturated heterocycles. The number of carboxylic acids is 4. The quantitative estimate of drug-likeness (QED) is 0.00959. The number of nitrogens with one attached hydrogen (secondary N) is 14. The molecule has 13 atom stereocenters. The molecule has 1 aliphatic heterocycles. The third-order valence-electron chi connectivity index (χ3n) is 18.1. The van der Waals surface area contributed by atoms with Crippen LogP contribution in [0, 0.1) is 17.8 Å². The number of esters is 1. The van der Waals surface area contributed by atoms with E-state index < -0.39 is 261 Å². The second kappa shape index (κ2) is 45.6. The lowest BCUT2D eigenvalue weighted by molar-refractivity contribution is -0.156. The number of aliphatic hydroxyl groups excluding tert-OH is 1. The molecule has 2 heterocycles. The summed E-state index contributed by atoms with van der Waals surface area (Å²) in [5, 5.41) is 78.6. The summed E-state index contributed by atoms with van der Waals surface area (Å²) < 4.78 is 5.69. The second-order valence-corrected chi connectivity index (χ2v) is 27.5. The number of cyclic esters (lactones) is 1. The van der Waals surface area contributed by atoms with Gasteiger partial charge in [0.05, 0.1) is 51.8 Å². The van der Waals surface area contributed by atoms with Gasteiger partial charge in [-0.25, -0.2) is 4.79 Å². The van der Waals surface area contributed by atoms with Crippen LogP contribution in [0.5, 0.6) is 0 Å². The number of ether oxygens (including phenoxy) is 1. The van der Waals surface area contributed by atoms with E-state index >= 15 is 0 Å². The summed E-state index contributed by atoms with van der Waals surface area (Å²) in [7, 11) is 0. The fraction of sp³-hybridized carbons (Fsp3) is 0.377. The predicted octanol–water partition coefficient (Wildman–Crippen LogP) is -6.05. The van der Waals surface area contributed by atoms with Crippen molar-refractivity contribution in [2.45, 2.75) is 151 Å². The van der Waals surface area contributed by atoms with Crippen LogP contribution in [0.4, 0.5) is 5.69 Å². The Hall–Kier alpha value is -14.7. The number of aromatic nitrogens is 1. The van der Waals surface area contributed by atoms with Gasteiger partial charge < -0.3 is 122 Å². The number of aliphatic hydroxyl groups is 1. The number of primary amides is 1. The molecule has 5 aromatic rings. The maximum absolute atomic E-state index is 14.9. The number of anilines is 1. The number of carbonyl (C=O) groups is 20. The van der Waals surface area contributed by atoms with E-state index in [2.05, 4.69) is 70.0 Å². The van der Waals surface area contributed by atoms with Crippen LogP contribution in [0.25, 0.3) is 10.9 Å². The second-order valence-electron chi connectivity index (χ2n) is 27.5. The molecule has 1 fully saturated rings. The molecule has 640 valence electrons. The van der Waals surface area contributed by atoms with E-state index in [4.69, 9.17) is 21.9 Å². The van der Waals surface area contributed by atoms with Gasteiger partial charge in [-0.2, -0.15) is 0 Å². The SMILES string of the molecule is CC(CC(=O)O)[C@@H]1NC(=O)[C@@H](CO)NC(=O)CNC(=O)[C@H](CC(=O)O)NC(=O)[C@@H](C)NC(=O)[C@H](CC(=O)O)NC(=O)[C@H](CCCN)NC(=O)CNC(=O)[C@@H](NC(=O)[C@H](CC(=O)O)NC(=O)[C@@H](CC(N)=O)NC(=O)[C@H](Cc2c[nH]c3ccccc23)NC(=O)c2ccc(C#Cc3ccccc3)cc2)[C@@H](C)OC(=O)[C@H](CC(=O)c2ccccc2N)NC1=O. The number of amides is 14. The molecule has 6 rings (SSSR count). The minimum atomic E-state index is -2.47. The highest BCUT2D eigenvalue weighted by molar-refractivity contribution is 6.06. The number of nitrogens with two attached hydrogens (primary N) is 3. The fourth-order valence-corrected chi connectivity index (χ4v) is 11.8. The first-order chi connectivity index (χ1) is 56.8. The number of fused-ring (bicyclic) bond motifs is 1. The van der Waals surface area contributed by atoms with Crippen LogP contribution in [0.2, 0.25) is 0 Å². The number of para-hydroxylation sites is 2. The summed E-state index contributed by atoms with van der Waals surface area (Å²) in [6, 6.07) is 3.89. The Morgan fingerprint density at radius 2 is 1.07 bits per heavy atom. The summed E-state index contributed by atoms with van der Waals surface area (Å²) in [5.41, 5.74) is 19.2. The van der Waals surface area contributed by atoms with Crippen molar-refractivity contribution < 1.29 is 126 Å². The van der Waals surface area contributed by atoms with Gasteiger partial charge in [0.1, 0.15) is 72.6 Å². The number of Topliss-reactive ketones (excluding diaryl/α,β-unsaturated/α-hetero) is 1. The van der Waals surface area contributed by atoms with E-state index in [-0.39, 0.29) is 36.2 Å². The van der Waals surface area contributed by atoms with Gasteiger partial charge in [-0.15, -0.1) is 0 Å². The summed E-state index contributed by atoms with van der Waals surface area (Å²) in [5.74, 6) is -24.4. The number of H-pyrrole nitrogens is 1. The van der Waals surface area contributed by atoms with E-state index in [0.29, 0.717) is 27.6 Å². The molecule has 120 heavy (non-hydrogen) atoms. The Kier molecular flexibility index (Phi) is 35.7. The molecule has 1 aliphatic rings. The van der Waals surface area contributed by atoms with Crippen molar-refractivity contribution in [1.29, 1.82) is 0 Å². The van der Waals surface area contributed by atoms with E-state index in [1.807, 2.05) is 22.0 Å². The summed E-state index contributed by atoms with van der Waals surface area (Å²) in [6.07, 6.45) is -8.58. The molecule has 14 amide bonds. The Bertz CT molecular complexity index is 4760. The number of hydrogen-bond acceptors (Lipinski definition) is 24. The van der Waals surface area contributed by atoms with Crippen LogP contribution in [0.15, 0.2) is 109 Å². The molecule has 1 aromatic heterocycles. The van der Waals surface area contributed by atoms with Crippen molar-refractivity contribution in [3.63, 3.8) is 0 Å². The summed E-state index contributed by atoms with van der Waals surface area (Å²) >= 11 is 0. The van der Waals surface area contributed by atoms with Crippen LogP contribution in [0.1, 0.15) is 110 Å². The van der Waals surface area contributed by atoms with Crippen LogP contribution in [0.3, 0.4) is 0 Å². The Morgan fingerprint density at radius 3 is 1.67 bits per heavy atom. The molecule has 43 heteroatoms. The highest BCUT2D eigenvalue weighted by Gasteiger charge is 2.41. The van der Waals surface area contributed by atoms with Gasteiger partial charge >= 0.3 is 29.8 Å². The molecule has 0 radical (unpaired) electrons. The molecule has 1 unspecified atom stereocenters. The zero-order valence-corrected chi connectivity index (χ0v) is 64.6. The van der Waals surface area contributed by atoms with E-state index in [0.717, 1.165) is 20.8 Å². The van der Waals surface area contributed by atoms with E-state index in [1.54, 1.807) is 66.9 Å². The minimum Gasteiger partial charge on any atom is -0.481 e. The fourth-order valence-electron chi connectivity index (χ4n) is 11.8. The smallest absolute Gasteiger partial charge is 0.329 e. The van der Waals surface area contributed by atoms with Gasteiger partial charge in [-0.1, -0.05) is 67.3 Å². The average Bonchev–Trinajstić information content (AvgIpc) is 1.23. The van der Waals surface area contributed by atoms with Gasteiger partial charge in [0.2, 0.25) is 76.8 Å². The molecule has 25 N–H and O–H groups in total. The van der Waals surface area contributed by atoms with Gasteiger partial charge in [0.15, 0.2) is 5.78 Å². The third-order valence-corrected chi connectivity index (χ3v) is 18.1. The van der Waals surface area contributed by atoms with Gasteiger partial charge in [0, 0.05) is 57.9 Å². The van der Waals surface area contributed by atoms with E-state index in [9.17, 15) is 121 Å². The minimum absolute atomic E-state index is 0.0284. The van der Waals surface area contributed by atoms with Gasteiger partial charge in [-0.05, 0) is 99.3 Å². The lowest BCUT2D eigenvalue weighted by Gasteiger charge is -2.30. The first-order valence-corrected chi connectivity index (χ1v) is 37.0. The van der Waals surface area contributed by atoms with E-state index in [1.165, 1.54) is 36.4 Å². The summed E-state index contributed by atoms with van der Waals surface area (Å²) in [4.78, 5) is 278. The highest BCUT2D eigenvalue weighted by atomic mass is 16.5. The van der Waals surface area contributed by atoms with Crippen LogP contribution < -0.4 is 86.3 Å². The standard InChI is InChI=1S/C77H91N17O26/c1-37(26-60(100)101)64-76(118)92-54(28-56(96)45-15-7-9-16-46(45)79)77(119)120-39(3)65(75(117)83-35-58(98)85-48(18-11-25-78)69(111)90-52(31-62(104)105)70(112)84-38(2)66(108)87-51(30-61(102)103)68(110)82-34-59(99)86-55(36-95)74(116)93-64)94-73(115)53(32-63(106)107)91-72(114)50(29-57(80)97)89-71(113)49(27-43-33-81-47-17-10-8-14-44(43)47)88-67(109)42-23-21-41(22-24-42)20-19-40-12-5-4-6-13-40/h4-10,12-17,21-24,33,37-39,48-55,64-65,81,95H,11,18,25-32,34-36,78-79H2,1-3H3,(H2,80,97)(H,82,110)(H,83,117)(H,84,112)(H,85,98)(H,86,99)(H,87,108)(H,88,109)(H,89,113)(H,90,111)(H,91,114)(H,92,118)(H,93,116)(H,94,115)(H,100,101)(H,102,103)(H,104,105)(H,106,107)/t37?,38-,39-,48+,49+,50-,51+,52+,53+,54+,55-,64+,65+/m1/s1. The summed E-state index contributed by atoms with van der Waals surface area (Å²) in [6.45, 7) is -1.02. The first kappa shape index (κ1) is 94.2. The maximum atomic E-state index is 14.9. The number of carboxylic acid groups (broad SMARTS) is 4. The number of rotatable bonds is 28. The third kappa shape index (κ3) is 29.5. The molecule has 4 aromatic carbocycles. The molecule has 0 saturated carbocycles. The highest BCUT2D eigenvalue weighted by Crippen LogP contribution is 2.22. The lowest BCUT2D eigenvalue weighted by atomic mass is 9.96. The maximum Gasteiger partial charge on any atom is 0.329 e. The number of hydrogen-bond donors (Lipinski definition) is 22. The molecule has 43 nitrogen and oxygen atoms in total. The van der Waals surface area contributed by atoms with Crippen LogP contribution in [-0.2, 0) is 97.5 Å². The number of nitrogen functional groups attached to an aromatic ring is 1. The van der Waals surface area contributed by atoms with Crippen molar-refractivity contribution in [3.8, 4) is 11.8 Å². The van der Waals surface area contributed by atoms with Crippen molar-refractivity contribution >= 4 is 135 Å².